The molecule has 2 heterocycles. The van der Waals surface area contributed by atoms with E-state index in [1.807, 2.05) is 68.4 Å². The molecule has 6 heteroatoms. The third kappa shape index (κ3) is 4.44. The summed E-state index contributed by atoms with van der Waals surface area (Å²) in [5, 5.41) is 13.3. The van der Waals surface area contributed by atoms with Crippen LogP contribution in [0.3, 0.4) is 0 Å². The number of hydrogen-bond acceptors (Lipinski definition) is 4. The quantitative estimate of drug-likeness (QED) is 0.719. The average Bonchev–Trinajstić information content (AvgIpc) is 3.09. The Morgan fingerprint density at radius 3 is 2.48 bits per heavy atom. The van der Waals surface area contributed by atoms with Gasteiger partial charge in [0.15, 0.2) is 0 Å². The summed E-state index contributed by atoms with van der Waals surface area (Å²) in [6.45, 7) is 4.75. The number of hydrogen-bond donors (Lipinski definition) is 2. The zero-order valence-electron chi connectivity index (χ0n) is 18.1. The number of fused-ring (bicyclic) bond motifs is 1. The molecule has 2 aliphatic rings. The molecule has 0 spiro atoms. The lowest BCUT2D eigenvalue weighted by atomic mass is 9.83. The fourth-order valence-corrected chi connectivity index (χ4v) is 4.67. The lowest BCUT2D eigenvalue weighted by molar-refractivity contribution is -0.154. The first-order valence-electron chi connectivity index (χ1n) is 10.9. The molecule has 164 valence electrons. The number of rotatable bonds is 7. The van der Waals surface area contributed by atoms with Gasteiger partial charge >= 0.3 is 0 Å². The molecule has 2 N–H and O–H groups in total. The van der Waals surface area contributed by atoms with Gasteiger partial charge in [0.25, 0.3) is 0 Å². The molecule has 1 unspecified atom stereocenters. The number of nitrogens with one attached hydrogen (secondary N) is 1. The van der Waals surface area contributed by atoms with Crippen LogP contribution in [-0.4, -0.2) is 46.1 Å². The number of ether oxygens (including phenoxy) is 1. The number of aliphatic hydroxyl groups is 1. The highest BCUT2D eigenvalue weighted by Gasteiger charge is 2.57. The van der Waals surface area contributed by atoms with E-state index in [4.69, 9.17) is 4.74 Å². The third-order valence-electron chi connectivity index (χ3n) is 6.15. The van der Waals surface area contributed by atoms with Gasteiger partial charge in [0.1, 0.15) is 23.9 Å². The van der Waals surface area contributed by atoms with Crippen LogP contribution in [0.4, 0.5) is 0 Å². The molecular formula is C25H30N2O4. The second kappa shape index (κ2) is 8.71. The van der Waals surface area contributed by atoms with E-state index >= 15 is 0 Å². The summed E-state index contributed by atoms with van der Waals surface area (Å²) >= 11 is 0. The smallest absolute Gasteiger partial charge is 0.247 e. The summed E-state index contributed by atoms with van der Waals surface area (Å²) in [6, 6.07) is 17.1. The molecule has 2 amide bonds. The Kier molecular flexibility index (Phi) is 6.01. The molecule has 0 radical (unpaired) electrons. The molecule has 4 rings (SSSR count). The van der Waals surface area contributed by atoms with E-state index in [0.717, 1.165) is 16.9 Å². The van der Waals surface area contributed by atoms with Crippen molar-refractivity contribution in [2.45, 2.75) is 57.4 Å². The number of piperazine rings is 1. The largest absolute Gasteiger partial charge is 0.489 e. The maximum atomic E-state index is 13.2. The van der Waals surface area contributed by atoms with Gasteiger partial charge in [-0.3, -0.25) is 9.59 Å². The second-order valence-corrected chi connectivity index (χ2v) is 9.09. The predicted octanol–water partition coefficient (Wildman–Crippen LogP) is 2.68. The van der Waals surface area contributed by atoms with E-state index in [2.05, 4.69) is 5.32 Å². The van der Waals surface area contributed by atoms with Crippen molar-refractivity contribution in [3.63, 3.8) is 0 Å². The van der Waals surface area contributed by atoms with Crippen molar-refractivity contribution in [3.05, 3.63) is 65.7 Å². The van der Waals surface area contributed by atoms with E-state index in [9.17, 15) is 14.7 Å². The monoisotopic (exact) mass is 422 g/mol. The van der Waals surface area contributed by atoms with Crippen molar-refractivity contribution in [1.29, 1.82) is 0 Å². The first-order chi connectivity index (χ1) is 14.9. The normalized spacial score (nSPS) is 25.5. The van der Waals surface area contributed by atoms with Crippen molar-refractivity contribution in [1.82, 2.24) is 10.2 Å². The summed E-state index contributed by atoms with van der Waals surface area (Å²) < 4.78 is 5.84. The number of amides is 2. The Hall–Kier alpha value is -2.86. The van der Waals surface area contributed by atoms with Gasteiger partial charge in [-0.05, 0) is 35.6 Å². The van der Waals surface area contributed by atoms with Gasteiger partial charge in [0.2, 0.25) is 11.8 Å². The molecule has 6 nitrogen and oxygen atoms in total. The first-order valence-corrected chi connectivity index (χ1v) is 10.9. The third-order valence-corrected chi connectivity index (χ3v) is 6.15. The highest BCUT2D eigenvalue weighted by molar-refractivity contribution is 6.00. The van der Waals surface area contributed by atoms with Crippen LogP contribution in [0, 0.1) is 5.92 Å². The van der Waals surface area contributed by atoms with Crippen LogP contribution >= 0.6 is 0 Å². The van der Waals surface area contributed by atoms with Crippen molar-refractivity contribution in [2.75, 3.05) is 6.54 Å². The van der Waals surface area contributed by atoms with Crippen LogP contribution in [0.15, 0.2) is 54.6 Å². The summed E-state index contributed by atoms with van der Waals surface area (Å²) in [6.07, 6.45) is 0.530. The Morgan fingerprint density at radius 2 is 1.81 bits per heavy atom. The predicted molar refractivity (Wildman–Crippen MR) is 117 cm³/mol. The number of carbonyl (C=O) groups excluding carboxylic acids is 2. The summed E-state index contributed by atoms with van der Waals surface area (Å²) in [4.78, 5) is 27.9. The van der Waals surface area contributed by atoms with Gasteiger partial charge in [-0.25, -0.2) is 0 Å². The molecule has 3 atom stereocenters. The van der Waals surface area contributed by atoms with Gasteiger partial charge < -0.3 is 20.1 Å². The van der Waals surface area contributed by atoms with Crippen LogP contribution < -0.4 is 10.1 Å². The van der Waals surface area contributed by atoms with Crippen molar-refractivity contribution in [3.8, 4) is 5.75 Å². The molecule has 31 heavy (non-hydrogen) atoms. The number of carbonyl (C=O) groups is 2. The van der Waals surface area contributed by atoms with Crippen LogP contribution in [-0.2, 0) is 22.6 Å². The van der Waals surface area contributed by atoms with Gasteiger partial charge in [0.05, 0.1) is 6.10 Å². The van der Waals surface area contributed by atoms with Gasteiger partial charge in [-0.2, -0.15) is 0 Å². The summed E-state index contributed by atoms with van der Waals surface area (Å²) in [5.74, 6) is 0.777. The SMILES string of the molecule is CC(C)C[C@H]1NC(=O)C2(Cc3ccc(OCc4ccccc4)cc3)C[C@@H](O)CN2C1=O. The second-order valence-electron chi connectivity index (χ2n) is 9.09. The lowest BCUT2D eigenvalue weighted by Crippen LogP contribution is -2.69. The number of aliphatic hydroxyl groups excluding tert-OH is 1. The number of β-amino-alcohol motifs (C(OH)–C–C–N with tert-alkyl or cyclic N) is 1. The minimum Gasteiger partial charge on any atom is -0.489 e. The molecule has 2 aromatic rings. The van der Waals surface area contributed by atoms with E-state index in [-0.39, 0.29) is 30.7 Å². The molecule has 2 aromatic carbocycles. The Morgan fingerprint density at radius 1 is 1.10 bits per heavy atom. The highest BCUT2D eigenvalue weighted by atomic mass is 16.5. The molecule has 2 aliphatic heterocycles. The Balaban J connectivity index is 1.48. The van der Waals surface area contributed by atoms with Crippen molar-refractivity contribution in [2.24, 2.45) is 5.92 Å². The minimum atomic E-state index is -1.03. The maximum absolute atomic E-state index is 13.2. The van der Waals surface area contributed by atoms with E-state index in [1.165, 1.54) is 0 Å². The standard InChI is InChI=1S/C25H30N2O4/c1-17(2)12-22-23(29)27-15-20(28)14-25(27,24(30)26-22)13-18-8-10-21(11-9-18)31-16-19-6-4-3-5-7-19/h3-11,17,20,22,28H,12-16H2,1-2H3,(H,26,30)/t20-,22-,25?/m1/s1. The van der Waals surface area contributed by atoms with E-state index in [1.54, 1.807) is 4.90 Å². The maximum Gasteiger partial charge on any atom is 0.247 e. The molecule has 0 saturated carbocycles. The van der Waals surface area contributed by atoms with Crippen molar-refractivity contribution < 1.29 is 19.4 Å². The zero-order chi connectivity index (χ0) is 22.0. The Labute approximate surface area is 183 Å². The van der Waals surface area contributed by atoms with E-state index in [0.29, 0.717) is 19.4 Å². The summed E-state index contributed by atoms with van der Waals surface area (Å²) in [7, 11) is 0. The summed E-state index contributed by atoms with van der Waals surface area (Å²) in [5.41, 5.74) is 0.988. The Bertz CT molecular complexity index is 928. The minimum absolute atomic E-state index is 0.0901. The number of nitrogens with zero attached hydrogens (tertiary/aromatic N) is 1. The number of benzene rings is 2. The van der Waals surface area contributed by atoms with Gasteiger partial charge in [-0.1, -0.05) is 56.3 Å². The van der Waals surface area contributed by atoms with Gasteiger partial charge in [0, 0.05) is 19.4 Å². The van der Waals surface area contributed by atoms with Crippen LogP contribution in [0.2, 0.25) is 0 Å². The van der Waals surface area contributed by atoms with E-state index < -0.39 is 17.7 Å². The molecular weight excluding hydrogens is 392 g/mol. The fourth-order valence-electron chi connectivity index (χ4n) is 4.67. The topological polar surface area (TPSA) is 78.9 Å². The fraction of sp³-hybridized carbons (Fsp3) is 0.440. The zero-order valence-corrected chi connectivity index (χ0v) is 18.1. The molecule has 2 saturated heterocycles. The van der Waals surface area contributed by atoms with Crippen molar-refractivity contribution >= 4 is 11.8 Å². The van der Waals surface area contributed by atoms with Gasteiger partial charge in [-0.15, -0.1) is 0 Å². The van der Waals surface area contributed by atoms with Crippen LogP contribution in [0.5, 0.6) is 5.75 Å². The lowest BCUT2D eigenvalue weighted by Gasteiger charge is -2.44. The van der Waals surface area contributed by atoms with Crippen LogP contribution in [0.1, 0.15) is 37.8 Å². The molecule has 0 aromatic heterocycles. The average molecular weight is 423 g/mol. The highest BCUT2D eigenvalue weighted by Crippen LogP contribution is 2.37. The molecule has 0 aliphatic carbocycles. The van der Waals surface area contributed by atoms with Crippen LogP contribution in [0.25, 0.3) is 0 Å². The first kappa shape index (κ1) is 21.4. The molecule has 2 fully saturated rings. The molecule has 0 bridgehead atoms.